The van der Waals surface area contributed by atoms with Crippen molar-refractivity contribution in [2.75, 3.05) is 11.9 Å². The Morgan fingerprint density at radius 2 is 1.71 bits per heavy atom. The normalized spacial score (nSPS) is 23.1. The second kappa shape index (κ2) is 6.73. The number of nitrogens with one attached hydrogen (secondary N) is 1. The number of rotatable bonds is 3. The third-order valence-corrected chi connectivity index (χ3v) is 5.70. The van der Waals surface area contributed by atoms with Crippen LogP contribution in [0.3, 0.4) is 0 Å². The number of aryl methyl sites for hydroxylation is 2. The van der Waals surface area contributed by atoms with Gasteiger partial charge in [0.1, 0.15) is 0 Å². The summed E-state index contributed by atoms with van der Waals surface area (Å²) >= 11 is 3.70. The van der Waals surface area contributed by atoms with E-state index < -0.39 is 0 Å². The third kappa shape index (κ3) is 4.48. The standard InChI is InChI=1S/C19H30BrN/c1-13-10-14(2)18(17(20)11-13)21-12-15-6-8-16(9-7-15)19(3,4)5/h10-11,15-16,21H,6-9,12H2,1-5H3. The first kappa shape index (κ1) is 16.9. The Morgan fingerprint density at radius 1 is 1.10 bits per heavy atom. The van der Waals surface area contributed by atoms with E-state index in [-0.39, 0.29) is 0 Å². The number of benzene rings is 1. The van der Waals surface area contributed by atoms with Crippen LogP contribution in [0.25, 0.3) is 0 Å². The van der Waals surface area contributed by atoms with Gasteiger partial charge in [0.2, 0.25) is 0 Å². The molecular weight excluding hydrogens is 322 g/mol. The van der Waals surface area contributed by atoms with Gasteiger partial charge in [-0.1, -0.05) is 26.8 Å². The molecule has 0 heterocycles. The molecule has 1 aliphatic rings. The molecular formula is C19H30BrN. The summed E-state index contributed by atoms with van der Waals surface area (Å²) in [5, 5.41) is 3.68. The summed E-state index contributed by atoms with van der Waals surface area (Å²) in [6, 6.07) is 4.45. The summed E-state index contributed by atoms with van der Waals surface area (Å²) in [5.74, 6) is 1.73. The Balaban J connectivity index is 1.88. The SMILES string of the molecule is Cc1cc(C)c(NCC2CCC(C(C)(C)C)CC2)c(Br)c1. The van der Waals surface area contributed by atoms with E-state index in [1.165, 1.54) is 47.0 Å². The molecule has 0 aromatic heterocycles. The van der Waals surface area contributed by atoms with Crippen molar-refractivity contribution in [3.63, 3.8) is 0 Å². The monoisotopic (exact) mass is 351 g/mol. The van der Waals surface area contributed by atoms with Crippen LogP contribution in [0.4, 0.5) is 5.69 Å². The molecule has 0 unspecified atom stereocenters. The van der Waals surface area contributed by atoms with E-state index in [0.717, 1.165) is 18.4 Å². The first-order valence-corrected chi connectivity index (χ1v) is 9.07. The molecule has 0 aliphatic heterocycles. The van der Waals surface area contributed by atoms with Gasteiger partial charge >= 0.3 is 0 Å². The summed E-state index contributed by atoms with van der Waals surface area (Å²) < 4.78 is 1.20. The van der Waals surface area contributed by atoms with Gasteiger partial charge in [-0.25, -0.2) is 0 Å². The molecule has 0 spiro atoms. The molecule has 1 fully saturated rings. The Labute approximate surface area is 139 Å². The van der Waals surface area contributed by atoms with Crippen LogP contribution in [-0.4, -0.2) is 6.54 Å². The van der Waals surface area contributed by atoms with Crippen LogP contribution in [0.15, 0.2) is 16.6 Å². The van der Waals surface area contributed by atoms with Gasteiger partial charge in [0.15, 0.2) is 0 Å². The van der Waals surface area contributed by atoms with Gasteiger partial charge in [-0.05, 0) is 89.9 Å². The zero-order valence-electron chi connectivity index (χ0n) is 14.2. The van der Waals surface area contributed by atoms with E-state index >= 15 is 0 Å². The Kier molecular flexibility index (Phi) is 5.40. The van der Waals surface area contributed by atoms with Crippen molar-refractivity contribution >= 4 is 21.6 Å². The van der Waals surface area contributed by atoms with Crippen molar-refractivity contribution in [1.29, 1.82) is 0 Å². The molecule has 0 bridgehead atoms. The molecule has 2 rings (SSSR count). The van der Waals surface area contributed by atoms with Gasteiger partial charge in [0.25, 0.3) is 0 Å². The van der Waals surface area contributed by atoms with Gasteiger partial charge in [0, 0.05) is 11.0 Å². The molecule has 1 aromatic carbocycles. The molecule has 1 aliphatic carbocycles. The fourth-order valence-electron chi connectivity index (χ4n) is 3.62. The summed E-state index contributed by atoms with van der Waals surface area (Å²) in [6.45, 7) is 12.6. The fourth-order valence-corrected chi connectivity index (χ4v) is 4.43. The van der Waals surface area contributed by atoms with Crippen molar-refractivity contribution in [2.24, 2.45) is 17.3 Å². The Hall–Kier alpha value is -0.500. The molecule has 0 saturated heterocycles. The van der Waals surface area contributed by atoms with Crippen LogP contribution in [0.5, 0.6) is 0 Å². The van der Waals surface area contributed by atoms with Crippen molar-refractivity contribution in [3.05, 3.63) is 27.7 Å². The van der Waals surface area contributed by atoms with Crippen LogP contribution in [-0.2, 0) is 0 Å². The topological polar surface area (TPSA) is 12.0 Å². The minimum atomic E-state index is 0.481. The van der Waals surface area contributed by atoms with E-state index in [2.05, 4.69) is 68.0 Å². The molecule has 21 heavy (non-hydrogen) atoms. The number of hydrogen-bond donors (Lipinski definition) is 1. The molecule has 1 N–H and O–H groups in total. The van der Waals surface area contributed by atoms with Gasteiger partial charge in [-0.3, -0.25) is 0 Å². The third-order valence-electron chi connectivity index (χ3n) is 5.07. The molecule has 1 saturated carbocycles. The molecule has 0 radical (unpaired) electrons. The van der Waals surface area contributed by atoms with E-state index in [4.69, 9.17) is 0 Å². The second-order valence-electron chi connectivity index (χ2n) is 7.90. The summed E-state index contributed by atoms with van der Waals surface area (Å²) in [4.78, 5) is 0. The molecule has 118 valence electrons. The second-order valence-corrected chi connectivity index (χ2v) is 8.76. The van der Waals surface area contributed by atoms with E-state index in [9.17, 15) is 0 Å². The highest BCUT2D eigenvalue weighted by Crippen LogP contribution is 2.40. The fraction of sp³-hybridized carbons (Fsp3) is 0.684. The maximum absolute atomic E-state index is 3.70. The quantitative estimate of drug-likeness (QED) is 0.670. The summed E-state index contributed by atoms with van der Waals surface area (Å²) in [5.41, 5.74) is 4.41. The van der Waals surface area contributed by atoms with E-state index in [1.807, 2.05) is 0 Å². The van der Waals surface area contributed by atoms with Crippen molar-refractivity contribution < 1.29 is 0 Å². The summed E-state index contributed by atoms with van der Waals surface area (Å²) in [7, 11) is 0. The van der Waals surface area contributed by atoms with Gasteiger partial charge in [-0.15, -0.1) is 0 Å². The van der Waals surface area contributed by atoms with Crippen LogP contribution in [0.2, 0.25) is 0 Å². The highest BCUT2D eigenvalue weighted by Gasteiger charge is 2.29. The van der Waals surface area contributed by atoms with Crippen LogP contribution in [0, 0.1) is 31.1 Å². The molecule has 2 heteroatoms. The average molecular weight is 352 g/mol. The molecule has 0 amide bonds. The first-order valence-electron chi connectivity index (χ1n) is 8.28. The lowest BCUT2D eigenvalue weighted by atomic mass is 9.70. The number of anilines is 1. The smallest absolute Gasteiger partial charge is 0.0514 e. The van der Waals surface area contributed by atoms with Crippen molar-refractivity contribution in [1.82, 2.24) is 0 Å². The lowest BCUT2D eigenvalue weighted by molar-refractivity contribution is 0.153. The van der Waals surface area contributed by atoms with E-state index in [1.54, 1.807) is 0 Å². The lowest BCUT2D eigenvalue weighted by Gasteiger charge is -2.37. The molecule has 1 nitrogen and oxygen atoms in total. The van der Waals surface area contributed by atoms with Crippen LogP contribution >= 0.6 is 15.9 Å². The zero-order valence-corrected chi connectivity index (χ0v) is 15.8. The Morgan fingerprint density at radius 3 is 2.24 bits per heavy atom. The largest absolute Gasteiger partial charge is 0.384 e. The highest BCUT2D eigenvalue weighted by atomic mass is 79.9. The predicted molar refractivity (Wildman–Crippen MR) is 97.0 cm³/mol. The Bertz CT molecular complexity index is 456. The maximum atomic E-state index is 3.70. The molecule has 1 aromatic rings. The predicted octanol–water partition coefficient (Wildman–Crippen LogP) is 6.33. The van der Waals surface area contributed by atoms with Crippen molar-refractivity contribution in [2.45, 2.75) is 60.3 Å². The minimum absolute atomic E-state index is 0.481. The average Bonchev–Trinajstić information content (AvgIpc) is 2.37. The minimum Gasteiger partial charge on any atom is -0.384 e. The summed E-state index contributed by atoms with van der Waals surface area (Å²) in [6.07, 6.45) is 5.53. The van der Waals surface area contributed by atoms with Gasteiger partial charge in [0.05, 0.1) is 5.69 Å². The first-order chi connectivity index (χ1) is 9.77. The lowest BCUT2D eigenvalue weighted by Crippen LogP contribution is -2.28. The maximum Gasteiger partial charge on any atom is 0.0514 e. The molecule has 0 atom stereocenters. The number of halogens is 1. The van der Waals surface area contributed by atoms with Crippen LogP contribution < -0.4 is 5.32 Å². The van der Waals surface area contributed by atoms with Gasteiger partial charge < -0.3 is 5.32 Å². The highest BCUT2D eigenvalue weighted by molar-refractivity contribution is 9.10. The van der Waals surface area contributed by atoms with Crippen LogP contribution in [0.1, 0.15) is 57.6 Å². The number of hydrogen-bond acceptors (Lipinski definition) is 1. The van der Waals surface area contributed by atoms with Crippen molar-refractivity contribution in [3.8, 4) is 0 Å². The zero-order chi connectivity index (χ0) is 15.6. The van der Waals surface area contributed by atoms with E-state index in [0.29, 0.717) is 5.41 Å². The van der Waals surface area contributed by atoms with Gasteiger partial charge in [-0.2, -0.15) is 0 Å².